The summed E-state index contributed by atoms with van der Waals surface area (Å²) in [6.45, 7) is 1.83. The van der Waals surface area contributed by atoms with E-state index in [4.69, 9.17) is 9.84 Å². The van der Waals surface area contributed by atoms with Gasteiger partial charge in [-0.2, -0.15) is 0 Å². The van der Waals surface area contributed by atoms with E-state index in [2.05, 4.69) is 0 Å². The van der Waals surface area contributed by atoms with Gasteiger partial charge in [0.05, 0.1) is 7.11 Å². The standard InChI is InChI=1S/C13H14O4/c1-8-7-9(3-4-10(8)17-2)11(14)13(5-6-13)12(15)16/h3-4,7H,5-6H2,1-2H3,(H,15,16). The molecule has 2 rings (SSSR count). The van der Waals surface area contributed by atoms with Gasteiger partial charge in [0.1, 0.15) is 11.2 Å². The molecule has 1 N–H and O–H groups in total. The molecule has 17 heavy (non-hydrogen) atoms. The summed E-state index contributed by atoms with van der Waals surface area (Å²) in [5.74, 6) is -0.617. The maximum absolute atomic E-state index is 12.1. The summed E-state index contributed by atoms with van der Waals surface area (Å²) in [6, 6.07) is 5.00. The molecule has 0 aliphatic heterocycles. The maximum atomic E-state index is 12.1. The Morgan fingerprint density at radius 2 is 2.00 bits per heavy atom. The topological polar surface area (TPSA) is 63.6 Å². The van der Waals surface area contributed by atoms with Gasteiger partial charge in [-0.25, -0.2) is 0 Å². The van der Waals surface area contributed by atoms with E-state index in [1.54, 1.807) is 25.3 Å². The number of hydrogen-bond donors (Lipinski definition) is 1. The lowest BCUT2D eigenvalue weighted by Crippen LogP contribution is -2.25. The zero-order valence-electron chi connectivity index (χ0n) is 9.82. The third-order valence-corrected chi connectivity index (χ3v) is 3.25. The number of carboxylic acid groups (broad SMARTS) is 1. The molecule has 1 aliphatic carbocycles. The first kappa shape index (κ1) is 11.6. The van der Waals surface area contributed by atoms with Crippen LogP contribution in [0.1, 0.15) is 28.8 Å². The second-order valence-corrected chi connectivity index (χ2v) is 4.40. The zero-order valence-corrected chi connectivity index (χ0v) is 9.82. The van der Waals surface area contributed by atoms with Crippen LogP contribution in [0.2, 0.25) is 0 Å². The SMILES string of the molecule is COc1ccc(C(=O)C2(C(=O)O)CC2)cc1C. The van der Waals surface area contributed by atoms with E-state index in [1.807, 2.05) is 6.92 Å². The van der Waals surface area contributed by atoms with Gasteiger partial charge in [0, 0.05) is 5.56 Å². The predicted molar refractivity (Wildman–Crippen MR) is 61.4 cm³/mol. The van der Waals surface area contributed by atoms with Crippen LogP contribution in [0.3, 0.4) is 0 Å². The largest absolute Gasteiger partial charge is 0.496 e. The Labute approximate surface area is 99.2 Å². The van der Waals surface area contributed by atoms with Crippen LogP contribution in [0.5, 0.6) is 5.75 Å². The summed E-state index contributed by atoms with van der Waals surface area (Å²) >= 11 is 0. The highest BCUT2D eigenvalue weighted by molar-refractivity contribution is 6.14. The molecule has 4 nitrogen and oxygen atoms in total. The lowest BCUT2D eigenvalue weighted by molar-refractivity contribution is -0.141. The summed E-state index contributed by atoms with van der Waals surface area (Å²) in [5, 5.41) is 9.06. The molecule has 4 heteroatoms. The lowest BCUT2D eigenvalue weighted by Gasteiger charge is -2.10. The number of hydrogen-bond acceptors (Lipinski definition) is 3. The van der Waals surface area contributed by atoms with Gasteiger partial charge in [0.25, 0.3) is 0 Å². The number of carbonyl (C=O) groups is 2. The van der Waals surface area contributed by atoms with Crippen molar-refractivity contribution < 1.29 is 19.4 Å². The number of carboxylic acids is 1. The number of Topliss-reactive ketones (excluding diaryl/α,β-unsaturated/α-hetero) is 1. The van der Waals surface area contributed by atoms with Crippen molar-refractivity contribution in [2.24, 2.45) is 5.41 Å². The molecular formula is C13H14O4. The van der Waals surface area contributed by atoms with Gasteiger partial charge in [0.2, 0.25) is 0 Å². The fraction of sp³-hybridized carbons (Fsp3) is 0.385. The summed E-state index contributed by atoms with van der Waals surface area (Å²) in [4.78, 5) is 23.2. The first-order chi connectivity index (χ1) is 8.01. The van der Waals surface area contributed by atoms with E-state index in [0.717, 1.165) is 5.56 Å². The molecule has 0 unspecified atom stereocenters. The summed E-state index contributed by atoms with van der Waals surface area (Å²) in [6.07, 6.45) is 0.873. The molecule has 0 spiro atoms. The van der Waals surface area contributed by atoms with Crippen LogP contribution in [0.25, 0.3) is 0 Å². The molecule has 1 aromatic carbocycles. The van der Waals surface area contributed by atoms with Crippen molar-refractivity contribution in [1.29, 1.82) is 0 Å². The Kier molecular flexibility index (Phi) is 2.65. The monoisotopic (exact) mass is 234 g/mol. The molecule has 1 aliphatic rings. The second-order valence-electron chi connectivity index (χ2n) is 4.40. The Morgan fingerprint density at radius 3 is 2.41 bits per heavy atom. The molecule has 0 radical (unpaired) electrons. The third kappa shape index (κ3) is 1.79. The average molecular weight is 234 g/mol. The van der Waals surface area contributed by atoms with E-state index in [9.17, 15) is 9.59 Å². The van der Waals surface area contributed by atoms with E-state index in [1.165, 1.54) is 0 Å². The molecule has 0 amide bonds. The van der Waals surface area contributed by atoms with Gasteiger partial charge in [-0.1, -0.05) is 0 Å². The molecule has 1 aromatic rings. The van der Waals surface area contributed by atoms with Crippen molar-refractivity contribution in [2.45, 2.75) is 19.8 Å². The fourth-order valence-corrected chi connectivity index (χ4v) is 1.96. The average Bonchev–Trinajstić information content (AvgIpc) is 3.09. The van der Waals surface area contributed by atoms with Gasteiger partial charge in [-0.15, -0.1) is 0 Å². The van der Waals surface area contributed by atoms with Crippen LogP contribution in [-0.2, 0) is 4.79 Å². The molecular weight excluding hydrogens is 220 g/mol. The summed E-state index contributed by atoms with van der Waals surface area (Å²) in [5.41, 5.74) is 0.115. The minimum Gasteiger partial charge on any atom is -0.496 e. The van der Waals surface area contributed by atoms with Gasteiger partial charge in [-0.3, -0.25) is 9.59 Å². The molecule has 0 bridgehead atoms. The number of benzene rings is 1. The normalized spacial score (nSPS) is 16.4. The smallest absolute Gasteiger partial charge is 0.317 e. The van der Waals surface area contributed by atoms with E-state index in [0.29, 0.717) is 24.2 Å². The Bertz CT molecular complexity index is 486. The Hall–Kier alpha value is -1.84. The van der Waals surface area contributed by atoms with Crippen molar-refractivity contribution in [1.82, 2.24) is 0 Å². The second kappa shape index (κ2) is 3.87. The highest BCUT2D eigenvalue weighted by atomic mass is 16.5. The van der Waals surface area contributed by atoms with Crippen LogP contribution >= 0.6 is 0 Å². The molecule has 1 saturated carbocycles. The number of ether oxygens (including phenoxy) is 1. The minimum absolute atomic E-state index is 0.296. The third-order valence-electron chi connectivity index (χ3n) is 3.25. The minimum atomic E-state index is -1.17. The Balaban J connectivity index is 2.33. The molecule has 1 fully saturated rings. The van der Waals surface area contributed by atoms with E-state index < -0.39 is 11.4 Å². The van der Waals surface area contributed by atoms with Crippen molar-refractivity contribution in [3.8, 4) is 5.75 Å². The number of aryl methyl sites for hydroxylation is 1. The molecule has 0 heterocycles. The quantitative estimate of drug-likeness (QED) is 0.639. The van der Waals surface area contributed by atoms with Crippen LogP contribution in [0.15, 0.2) is 18.2 Å². The predicted octanol–water partition coefficient (Wildman–Crippen LogP) is 2.05. The highest BCUT2D eigenvalue weighted by Crippen LogP contribution is 2.48. The van der Waals surface area contributed by atoms with Gasteiger partial charge in [-0.05, 0) is 43.5 Å². The number of ketones is 1. The van der Waals surface area contributed by atoms with Crippen LogP contribution in [0.4, 0.5) is 0 Å². The van der Waals surface area contributed by atoms with Gasteiger partial charge < -0.3 is 9.84 Å². The zero-order chi connectivity index (χ0) is 12.6. The Morgan fingerprint density at radius 1 is 1.35 bits per heavy atom. The number of rotatable bonds is 4. The van der Waals surface area contributed by atoms with Crippen molar-refractivity contribution in [3.63, 3.8) is 0 Å². The van der Waals surface area contributed by atoms with Crippen LogP contribution < -0.4 is 4.74 Å². The van der Waals surface area contributed by atoms with Gasteiger partial charge >= 0.3 is 5.97 Å². The number of methoxy groups -OCH3 is 1. The lowest BCUT2D eigenvalue weighted by atomic mass is 9.94. The summed E-state index contributed by atoms with van der Waals surface area (Å²) < 4.78 is 5.10. The molecule has 90 valence electrons. The number of carbonyl (C=O) groups excluding carboxylic acids is 1. The maximum Gasteiger partial charge on any atom is 0.317 e. The van der Waals surface area contributed by atoms with E-state index in [-0.39, 0.29) is 5.78 Å². The van der Waals surface area contributed by atoms with Crippen LogP contribution in [-0.4, -0.2) is 24.0 Å². The van der Waals surface area contributed by atoms with Crippen molar-refractivity contribution in [2.75, 3.05) is 7.11 Å². The summed E-state index contributed by atoms with van der Waals surface area (Å²) in [7, 11) is 1.56. The highest BCUT2D eigenvalue weighted by Gasteiger charge is 2.56. The van der Waals surface area contributed by atoms with Crippen LogP contribution in [0, 0.1) is 12.3 Å². The first-order valence-electron chi connectivity index (χ1n) is 5.44. The first-order valence-corrected chi connectivity index (χ1v) is 5.44. The van der Waals surface area contributed by atoms with Gasteiger partial charge in [0.15, 0.2) is 5.78 Å². The fourth-order valence-electron chi connectivity index (χ4n) is 1.96. The molecule has 0 aromatic heterocycles. The molecule has 0 saturated heterocycles. The molecule has 0 atom stereocenters. The number of aliphatic carboxylic acids is 1. The van der Waals surface area contributed by atoms with E-state index >= 15 is 0 Å². The van der Waals surface area contributed by atoms with Crippen molar-refractivity contribution >= 4 is 11.8 Å². The van der Waals surface area contributed by atoms with Crippen molar-refractivity contribution in [3.05, 3.63) is 29.3 Å².